The number of ether oxygens (including phenoxy) is 1. The second kappa shape index (κ2) is 3.74. The van der Waals surface area contributed by atoms with E-state index in [9.17, 15) is 0 Å². The van der Waals surface area contributed by atoms with Crippen LogP contribution in [0.4, 0.5) is 0 Å². The molecule has 1 heterocycles. The molecule has 1 saturated heterocycles. The number of unbranched alkanes of at least 4 members (excludes halogenated alkanes) is 1. The molecule has 3 unspecified atom stereocenters. The van der Waals surface area contributed by atoms with Crippen LogP contribution in [-0.4, -0.2) is 25.3 Å². The lowest BCUT2D eigenvalue weighted by Crippen LogP contribution is -2.71. The largest absolute Gasteiger partial charge is 0.377 e. The maximum absolute atomic E-state index is 5.91. The Hall–Kier alpha value is -0.0800. The molecule has 86 valence electrons. The van der Waals surface area contributed by atoms with Crippen LogP contribution in [-0.2, 0) is 4.74 Å². The van der Waals surface area contributed by atoms with E-state index in [0.717, 1.165) is 18.6 Å². The molecule has 3 aliphatic rings. The van der Waals surface area contributed by atoms with Gasteiger partial charge in [-0.2, -0.15) is 0 Å². The summed E-state index contributed by atoms with van der Waals surface area (Å²) in [5.41, 5.74) is 0.578. The van der Waals surface area contributed by atoms with Crippen LogP contribution in [0.5, 0.6) is 0 Å². The molecule has 15 heavy (non-hydrogen) atoms. The minimum absolute atomic E-state index is 0.578. The van der Waals surface area contributed by atoms with Crippen molar-refractivity contribution in [2.24, 2.45) is 11.3 Å². The molecule has 2 saturated carbocycles. The second-order valence-electron chi connectivity index (χ2n) is 5.62. The second-order valence-corrected chi connectivity index (χ2v) is 5.62. The monoisotopic (exact) mass is 209 g/mol. The summed E-state index contributed by atoms with van der Waals surface area (Å²) in [7, 11) is 0. The van der Waals surface area contributed by atoms with Crippen LogP contribution < -0.4 is 5.32 Å². The lowest BCUT2D eigenvalue weighted by Gasteiger charge is -2.63. The van der Waals surface area contributed by atoms with Crippen molar-refractivity contribution in [1.82, 2.24) is 5.32 Å². The lowest BCUT2D eigenvalue weighted by molar-refractivity contribution is -0.175. The Balaban J connectivity index is 1.61. The molecule has 0 aromatic heterocycles. The third-order valence-electron chi connectivity index (χ3n) is 4.93. The predicted molar refractivity (Wildman–Crippen MR) is 60.8 cm³/mol. The van der Waals surface area contributed by atoms with Crippen molar-refractivity contribution in [3.05, 3.63) is 0 Å². The predicted octanol–water partition coefficient (Wildman–Crippen LogP) is 2.33. The van der Waals surface area contributed by atoms with Gasteiger partial charge in [0.25, 0.3) is 0 Å². The summed E-state index contributed by atoms with van der Waals surface area (Å²) in [6.07, 6.45) is 8.82. The Morgan fingerprint density at radius 3 is 2.93 bits per heavy atom. The van der Waals surface area contributed by atoms with E-state index in [1.54, 1.807) is 0 Å². The fourth-order valence-electron chi connectivity index (χ4n) is 3.99. The first-order valence-corrected chi connectivity index (χ1v) is 6.73. The van der Waals surface area contributed by atoms with Crippen molar-refractivity contribution in [2.75, 3.05) is 13.2 Å². The van der Waals surface area contributed by atoms with Gasteiger partial charge in [0.05, 0.1) is 6.10 Å². The van der Waals surface area contributed by atoms with Gasteiger partial charge in [-0.1, -0.05) is 19.8 Å². The van der Waals surface area contributed by atoms with Crippen molar-refractivity contribution in [3.8, 4) is 0 Å². The highest BCUT2D eigenvalue weighted by atomic mass is 16.5. The summed E-state index contributed by atoms with van der Waals surface area (Å²) in [6, 6.07) is 0.797. The Bertz CT molecular complexity index is 237. The van der Waals surface area contributed by atoms with Crippen molar-refractivity contribution in [1.29, 1.82) is 0 Å². The summed E-state index contributed by atoms with van der Waals surface area (Å²) in [5, 5.41) is 3.80. The van der Waals surface area contributed by atoms with Crippen LogP contribution in [0.2, 0.25) is 0 Å². The SMILES string of the molecule is CCCCNC1C2CCOC2C12CCC2. The molecule has 0 bridgehead atoms. The van der Waals surface area contributed by atoms with E-state index in [2.05, 4.69) is 12.2 Å². The van der Waals surface area contributed by atoms with E-state index in [-0.39, 0.29) is 0 Å². The molecule has 3 fully saturated rings. The number of hydrogen-bond donors (Lipinski definition) is 1. The van der Waals surface area contributed by atoms with Crippen LogP contribution in [0, 0.1) is 11.3 Å². The van der Waals surface area contributed by atoms with Crippen LogP contribution in [0.3, 0.4) is 0 Å². The van der Waals surface area contributed by atoms with Crippen molar-refractivity contribution < 1.29 is 4.74 Å². The zero-order valence-electron chi connectivity index (χ0n) is 9.80. The van der Waals surface area contributed by atoms with Gasteiger partial charge in [-0.25, -0.2) is 0 Å². The topological polar surface area (TPSA) is 21.3 Å². The first kappa shape index (κ1) is 10.1. The maximum Gasteiger partial charge on any atom is 0.0690 e. The minimum atomic E-state index is 0.578. The van der Waals surface area contributed by atoms with Crippen molar-refractivity contribution >= 4 is 0 Å². The molecule has 0 amide bonds. The van der Waals surface area contributed by atoms with Gasteiger partial charge in [-0.15, -0.1) is 0 Å². The molecule has 2 heteroatoms. The third-order valence-corrected chi connectivity index (χ3v) is 4.93. The summed E-state index contributed by atoms with van der Waals surface area (Å²) >= 11 is 0. The highest BCUT2D eigenvalue weighted by Gasteiger charge is 2.66. The molecule has 3 atom stereocenters. The van der Waals surface area contributed by atoms with Gasteiger partial charge in [0.1, 0.15) is 0 Å². The van der Waals surface area contributed by atoms with Gasteiger partial charge in [0.2, 0.25) is 0 Å². The van der Waals surface area contributed by atoms with Crippen molar-refractivity contribution in [2.45, 2.75) is 57.6 Å². The zero-order chi connectivity index (χ0) is 10.3. The van der Waals surface area contributed by atoms with Crippen LogP contribution in [0.1, 0.15) is 45.4 Å². The summed E-state index contributed by atoms with van der Waals surface area (Å²) in [6.45, 7) is 4.50. The smallest absolute Gasteiger partial charge is 0.0690 e. The zero-order valence-corrected chi connectivity index (χ0v) is 9.80. The van der Waals surface area contributed by atoms with E-state index < -0.39 is 0 Å². The van der Waals surface area contributed by atoms with Crippen LogP contribution in [0.25, 0.3) is 0 Å². The first-order valence-electron chi connectivity index (χ1n) is 6.73. The van der Waals surface area contributed by atoms with Crippen molar-refractivity contribution in [3.63, 3.8) is 0 Å². The third kappa shape index (κ3) is 1.31. The van der Waals surface area contributed by atoms with E-state index in [0.29, 0.717) is 11.5 Å². The Labute approximate surface area is 92.8 Å². The van der Waals surface area contributed by atoms with E-state index in [1.807, 2.05) is 0 Å². The van der Waals surface area contributed by atoms with Crippen LogP contribution >= 0.6 is 0 Å². The Kier molecular flexibility index (Phi) is 2.52. The molecule has 2 nitrogen and oxygen atoms in total. The molecule has 1 aliphatic heterocycles. The summed E-state index contributed by atoms with van der Waals surface area (Å²) < 4.78 is 5.91. The average Bonchev–Trinajstić information content (AvgIpc) is 2.55. The maximum atomic E-state index is 5.91. The van der Waals surface area contributed by atoms with Gasteiger partial charge in [0, 0.05) is 24.0 Å². The molecule has 0 aromatic rings. The van der Waals surface area contributed by atoms with Gasteiger partial charge < -0.3 is 10.1 Å². The molecule has 2 aliphatic carbocycles. The lowest BCUT2D eigenvalue weighted by atomic mass is 9.46. The van der Waals surface area contributed by atoms with Gasteiger partial charge in [0.15, 0.2) is 0 Å². The fraction of sp³-hybridized carbons (Fsp3) is 1.00. The van der Waals surface area contributed by atoms with Gasteiger partial charge >= 0.3 is 0 Å². The molecule has 1 spiro atoms. The quantitative estimate of drug-likeness (QED) is 0.718. The summed E-state index contributed by atoms with van der Waals surface area (Å²) in [4.78, 5) is 0. The molecule has 3 rings (SSSR count). The molecular weight excluding hydrogens is 186 g/mol. The molecular formula is C13H23NO. The number of hydrogen-bond acceptors (Lipinski definition) is 2. The molecule has 0 radical (unpaired) electrons. The van der Waals surface area contributed by atoms with E-state index in [1.165, 1.54) is 45.1 Å². The normalized spacial score (nSPS) is 41.0. The average molecular weight is 209 g/mol. The number of fused-ring (bicyclic) bond motifs is 2. The van der Waals surface area contributed by atoms with E-state index in [4.69, 9.17) is 4.74 Å². The highest BCUT2D eigenvalue weighted by Crippen LogP contribution is 2.62. The van der Waals surface area contributed by atoms with Gasteiger partial charge in [-0.3, -0.25) is 0 Å². The Morgan fingerprint density at radius 1 is 1.40 bits per heavy atom. The first-order chi connectivity index (χ1) is 7.38. The van der Waals surface area contributed by atoms with E-state index >= 15 is 0 Å². The molecule has 0 aromatic carbocycles. The molecule has 1 N–H and O–H groups in total. The summed E-state index contributed by atoms with van der Waals surface area (Å²) in [5.74, 6) is 0.849. The fourth-order valence-corrected chi connectivity index (χ4v) is 3.99. The van der Waals surface area contributed by atoms with Crippen LogP contribution in [0.15, 0.2) is 0 Å². The standard InChI is InChI=1S/C13H23NO/c1-2-3-8-14-11-10-5-9-15-12(10)13(11)6-4-7-13/h10-12,14H,2-9H2,1H3. The van der Waals surface area contributed by atoms with Gasteiger partial charge in [-0.05, 0) is 32.2 Å². The number of nitrogens with one attached hydrogen (secondary N) is 1. The number of rotatable bonds is 4. The Morgan fingerprint density at radius 2 is 2.27 bits per heavy atom. The highest BCUT2D eigenvalue weighted by molar-refractivity contribution is 5.18. The minimum Gasteiger partial charge on any atom is -0.377 e.